The van der Waals surface area contributed by atoms with Crippen molar-refractivity contribution in [1.82, 2.24) is 10.2 Å². The van der Waals surface area contributed by atoms with Crippen LogP contribution in [0.3, 0.4) is 0 Å². The predicted octanol–water partition coefficient (Wildman–Crippen LogP) is 4.48. The average Bonchev–Trinajstić information content (AvgIpc) is 3.26. The molecule has 2 aromatic rings. The minimum atomic E-state index is 0.250. The van der Waals surface area contributed by atoms with Crippen molar-refractivity contribution in [2.24, 2.45) is 5.73 Å². The van der Waals surface area contributed by atoms with E-state index in [9.17, 15) is 5.11 Å². The minimum absolute atomic E-state index is 0.250. The van der Waals surface area contributed by atoms with Crippen molar-refractivity contribution >= 4 is 12.1 Å². The second-order valence-corrected chi connectivity index (χ2v) is 9.11. The molecule has 196 valence electrons. The van der Waals surface area contributed by atoms with Crippen LogP contribution in [0.15, 0.2) is 48.7 Å². The molecule has 0 heterocycles. The van der Waals surface area contributed by atoms with Crippen LogP contribution in [0.25, 0.3) is 0 Å². The number of amides is 1. The Hall–Kier alpha value is -3.50. The number of nitriles is 1. The Morgan fingerprint density at radius 1 is 1.25 bits per heavy atom. The lowest BCUT2D eigenvalue weighted by Crippen LogP contribution is -2.37. The number of anilines is 1. The average molecular weight is 494 g/mol. The summed E-state index contributed by atoms with van der Waals surface area (Å²) in [5, 5.41) is 25.5. The smallest absolute Gasteiger partial charge is 0.204 e. The maximum absolute atomic E-state index is 9.70. The van der Waals surface area contributed by atoms with Crippen molar-refractivity contribution in [2.45, 2.75) is 66.0 Å². The second-order valence-electron chi connectivity index (χ2n) is 9.11. The van der Waals surface area contributed by atoms with Crippen LogP contribution in [0.2, 0.25) is 0 Å². The molecule has 1 aliphatic rings. The fourth-order valence-corrected chi connectivity index (χ4v) is 4.16. The van der Waals surface area contributed by atoms with E-state index < -0.39 is 0 Å². The van der Waals surface area contributed by atoms with E-state index >= 15 is 0 Å². The fraction of sp³-hybridized carbons (Fsp3) is 0.448. The van der Waals surface area contributed by atoms with Crippen LogP contribution in [0.5, 0.6) is 5.75 Å². The minimum Gasteiger partial charge on any atom is -0.508 e. The van der Waals surface area contributed by atoms with E-state index in [2.05, 4.69) is 61.6 Å². The summed E-state index contributed by atoms with van der Waals surface area (Å²) < 4.78 is 0. The van der Waals surface area contributed by atoms with Gasteiger partial charge in [0.25, 0.3) is 0 Å². The van der Waals surface area contributed by atoms with Gasteiger partial charge in [0, 0.05) is 30.0 Å². The van der Waals surface area contributed by atoms with E-state index in [1.165, 1.54) is 17.5 Å². The molecule has 0 aromatic heterocycles. The van der Waals surface area contributed by atoms with E-state index in [1.807, 2.05) is 37.3 Å². The Kier molecular flexibility index (Phi) is 13.8. The number of rotatable bonds is 9. The van der Waals surface area contributed by atoms with Crippen molar-refractivity contribution in [3.63, 3.8) is 0 Å². The van der Waals surface area contributed by atoms with E-state index in [0.29, 0.717) is 29.9 Å². The fourth-order valence-electron chi connectivity index (χ4n) is 4.16. The molecule has 7 heteroatoms. The molecule has 0 spiro atoms. The number of hydrogen-bond acceptors (Lipinski definition) is 6. The number of carbonyl (C=O) groups excluding carboxylic acids is 1. The Morgan fingerprint density at radius 2 is 1.92 bits per heavy atom. The lowest BCUT2D eigenvalue weighted by atomic mass is 10.1. The van der Waals surface area contributed by atoms with Gasteiger partial charge >= 0.3 is 0 Å². The first-order chi connectivity index (χ1) is 17.2. The maximum atomic E-state index is 9.70. The Morgan fingerprint density at radius 3 is 2.47 bits per heavy atom. The summed E-state index contributed by atoms with van der Waals surface area (Å²) in [6.45, 7) is 17.6. The highest BCUT2D eigenvalue weighted by Gasteiger charge is 2.27. The number of hydrogen-bond donors (Lipinski definition) is 4. The lowest BCUT2D eigenvalue weighted by molar-refractivity contribution is -0.106. The molecule has 0 saturated heterocycles. The van der Waals surface area contributed by atoms with E-state index in [-0.39, 0.29) is 6.41 Å². The summed E-state index contributed by atoms with van der Waals surface area (Å²) in [5.74, 6) is 0.334. The number of nitrogens with one attached hydrogen (secondary N) is 2. The summed E-state index contributed by atoms with van der Waals surface area (Å²) in [4.78, 5) is 10.9. The van der Waals surface area contributed by atoms with Crippen molar-refractivity contribution < 1.29 is 9.90 Å². The highest BCUT2D eigenvalue weighted by molar-refractivity contribution is 5.55. The Balaban J connectivity index is 0.000000552. The standard InChI is InChI=1S/C22H25N3O.C6H15N.CH3NO/c1-4-25(20-10-18-7-8-21(26)12-19(18)11-20)16(3)14-24-22-9-17(13-23)6-5-15(22)2;1-4-5-7-6(2)3;2-1-3/h5-9,12,20,24,26H,3-4,10-11,14H2,1-2H3;6-7H,4-5H2,1-3H3;1H,(H2,2,3). The zero-order valence-corrected chi connectivity index (χ0v) is 22.5. The van der Waals surface area contributed by atoms with Gasteiger partial charge in [-0.25, -0.2) is 0 Å². The van der Waals surface area contributed by atoms with Gasteiger partial charge in [-0.2, -0.15) is 5.26 Å². The van der Waals surface area contributed by atoms with Gasteiger partial charge in [-0.3, -0.25) is 4.79 Å². The molecule has 0 radical (unpaired) electrons. The predicted molar refractivity (Wildman–Crippen MR) is 149 cm³/mol. The number of nitrogens with zero attached hydrogens (tertiary/aromatic N) is 2. The number of aryl methyl sites for hydroxylation is 1. The highest BCUT2D eigenvalue weighted by Crippen LogP contribution is 2.30. The monoisotopic (exact) mass is 493 g/mol. The van der Waals surface area contributed by atoms with Crippen molar-refractivity contribution in [3.05, 3.63) is 70.9 Å². The zero-order chi connectivity index (χ0) is 27.1. The van der Waals surface area contributed by atoms with Crippen LogP contribution in [-0.2, 0) is 17.6 Å². The number of nitrogens with two attached hydrogens (primary N) is 1. The quantitative estimate of drug-likeness (QED) is 0.383. The molecule has 0 aliphatic heterocycles. The van der Waals surface area contributed by atoms with Crippen LogP contribution in [0.4, 0.5) is 5.69 Å². The molecule has 0 saturated carbocycles. The van der Waals surface area contributed by atoms with Gasteiger partial charge in [-0.1, -0.05) is 39.5 Å². The van der Waals surface area contributed by atoms with Crippen molar-refractivity contribution in [1.29, 1.82) is 5.26 Å². The Bertz CT molecular complexity index is 1010. The number of fused-ring (bicyclic) bond motifs is 1. The molecule has 2 aromatic carbocycles. The molecule has 5 N–H and O–H groups in total. The first-order valence-electron chi connectivity index (χ1n) is 12.6. The van der Waals surface area contributed by atoms with Crippen LogP contribution >= 0.6 is 0 Å². The summed E-state index contributed by atoms with van der Waals surface area (Å²) in [6.07, 6.45) is 3.39. The SMILES string of the molecule is C=C(CNc1cc(C#N)ccc1C)N(CC)C1Cc2ccc(O)cc2C1.CCCNC(C)C.NC=O. The van der Waals surface area contributed by atoms with Crippen LogP contribution in [-0.4, -0.2) is 48.1 Å². The van der Waals surface area contributed by atoms with E-state index in [0.717, 1.165) is 42.9 Å². The van der Waals surface area contributed by atoms with Crippen LogP contribution in [0.1, 0.15) is 56.4 Å². The van der Waals surface area contributed by atoms with E-state index in [1.54, 1.807) is 6.07 Å². The van der Waals surface area contributed by atoms with Gasteiger partial charge in [-0.15, -0.1) is 0 Å². The first kappa shape index (κ1) is 30.5. The molecule has 1 atom stereocenters. The normalized spacial score (nSPS) is 13.3. The molecule has 1 aliphatic carbocycles. The molecule has 0 bridgehead atoms. The third-order valence-corrected chi connectivity index (χ3v) is 5.94. The van der Waals surface area contributed by atoms with Gasteiger partial charge in [0.2, 0.25) is 6.41 Å². The number of aromatic hydroxyl groups is 1. The summed E-state index contributed by atoms with van der Waals surface area (Å²) in [6, 6.07) is 14.5. The van der Waals surface area contributed by atoms with Crippen LogP contribution in [0, 0.1) is 18.3 Å². The number of carbonyl (C=O) groups is 1. The van der Waals surface area contributed by atoms with Gasteiger partial charge in [0.15, 0.2) is 0 Å². The molecule has 36 heavy (non-hydrogen) atoms. The molecule has 0 fully saturated rings. The maximum Gasteiger partial charge on any atom is 0.204 e. The third kappa shape index (κ3) is 10.0. The largest absolute Gasteiger partial charge is 0.508 e. The van der Waals surface area contributed by atoms with Crippen LogP contribution < -0.4 is 16.4 Å². The zero-order valence-electron chi connectivity index (χ0n) is 22.5. The first-order valence-corrected chi connectivity index (χ1v) is 12.6. The summed E-state index contributed by atoms with van der Waals surface area (Å²) in [5.41, 5.74) is 10.5. The lowest BCUT2D eigenvalue weighted by Gasteiger charge is -2.32. The number of phenols is 1. The molecule has 1 unspecified atom stereocenters. The number of benzene rings is 2. The molecule has 3 rings (SSSR count). The molecular formula is C29H43N5O2. The number of phenolic OH excluding ortho intramolecular Hbond substituents is 1. The highest BCUT2D eigenvalue weighted by atomic mass is 16.3. The van der Waals surface area contributed by atoms with Gasteiger partial charge in [0.05, 0.1) is 18.2 Å². The second kappa shape index (κ2) is 16.2. The van der Waals surface area contributed by atoms with E-state index in [4.69, 9.17) is 10.1 Å². The molecular weight excluding hydrogens is 450 g/mol. The summed E-state index contributed by atoms with van der Waals surface area (Å²) in [7, 11) is 0. The van der Waals surface area contributed by atoms with Crippen molar-refractivity contribution in [3.8, 4) is 11.8 Å². The van der Waals surface area contributed by atoms with Gasteiger partial charge < -0.3 is 26.4 Å². The van der Waals surface area contributed by atoms with Crippen molar-refractivity contribution in [2.75, 3.05) is 25.0 Å². The third-order valence-electron chi connectivity index (χ3n) is 5.94. The van der Waals surface area contributed by atoms with Gasteiger partial charge in [-0.05, 0) is 80.6 Å². The molecule has 1 amide bonds. The topological polar surface area (TPSA) is 114 Å². The summed E-state index contributed by atoms with van der Waals surface area (Å²) >= 11 is 0. The van der Waals surface area contributed by atoms with Gasteiger partial charge in [0.1, 0.15) is 5.75 Å². The number of primary amides is 1. The Labute approximate surface area is 217 Å². The number of likely N-dealkylation sites (N-methyl/N-ethyl adjacent to an activating group) is 1. The molecule has 7 nitrogen and oxygen atoms in total.